The van der Waals surface area contributed by atoms with E-state index in [9.17, 15) is 4.79 Å². The number of carbonyl (C=O) groups is 1. The van der Waals surface area contributed by atoms with E-state index in [1.807, 2.05) is 0 Å². The summed E-state index contributed by atoms with van der Waals surface area (Å²) in [5.74, 6) is 0.134. The smallest absolute Gasteiger partial charge is 0.221 e. The fraction of sp³-hybridized carbons (Fsp3) is 0.562. The number of aryl methyl sites for hydroxylation is 2. The minimum Gasteiger partial charge on any atom is -0.384 e. The lowest BCUT2D eigenvalue weighted by Gasteiger charge is -2.12. The van der Waals surface area contributed by atoms with E-state index in [1.54, 1.807) is 0 Å². The van der Waals surface area contributed by atoms with Gasteiger partial charge in [-0.05, 0) is 31.4 Å². The first kappa shape index (κ1) is 15.5. The summed E-state index contributed by atoms with van der Waals surface area (Å²) < 4.78 is 0. The van der Waals surface area contributed by atoms with Gasteiger partial charge in [0.05, 0.1) is 0 Å². The molecule has 0 unspecified atom stereocenters. The Morgan fingerprint density at radius 1 is 1.11 bits per heavy atom. The standard InChI is InChI=1S/C16H26N2O/c1-4-5-6-11-17-15(19)10-12-18-16-13(2)8-7-9-14(16)3/h7-9,18H,4-6,10-12H2,1-3H3,(H,17,19). The highest BCUT2D eigenvalue weighted by atomic mass is 16.1. The van der Waals surface area contributed by atoms with Crippen LogP contribution in [-0.4, -0.2) is 19.0 Å². The molecule has 0 saturated carbocycles. The third-order valence-corrected chi connectivity index (χ3v) is 3.24. The van der Waals surface area contributed by atoms with Crippen molar-refractivity contribution in [1.82, 2.24) is 5.32 Å². The lowest BCUT2D eigenvalue weighted by atomic mass is 10.1. The number of hydrogen-bond acceptors (Lipinski definition) is 2. The Balaban J connectivity index is 2.24. The van der Waals surface area contributed by atoms with Crippen LogP contribution in [0.15, 0.2) is 18.2 Å². The molecule has 0 aliphatic carbocycles. The molecule has 3 heteroatoms. The van der Waals surface area contributed by atoms with Gasteiger partial charge in [-0.2, -0.15) is 0 Å². The summed E-state index contributed by atoms with van der Waals surface area (Å²) >= 11 is 0. The highest BCUT2D eigenvalue weighted by Crippen LogP contribution is 2.18. The second-order valence-electron chi connectivity index (χ2n) is 5.00. The van der Waals surface area contributed by atoms with Crippen LogP contribution in [0.25, 0.3) is 0 Å². The van der Waals surface area contributed by atoms with Crippen molar-refractivity contribution in [2.24, 2.45) is 0 Å². The third kappa shape index (κ3) is 5.77. The molecule has 106 valence electrons. The van der Waals surface area contributed by atoms with Gasteiger partial charge in [-0.25, -0.2) is 0 Å². The Morgan fingerprint density at radius 3 is 2.42 bits per heavy atom. The molecular formula is C16H26N2O. The van der Waals surface area contributed by atoms with Gasteiger partial charge in [0.25, 0.3) is 0 Å². The maximum Gasteiger partial charge on any atom is 0.221 e. The van der Waals surface area contributed by atoms with Gasteiger partial charge in [0.2, 0.25) is 5.91 Å². The summed E-state index contributed by atoms with van der Waals surface area (Å²) in [4.78, 5) is 11.6. The zero-order valence-electron chi connectivity index (χ0n) is 12.4. The number of rotatable bonds is 8. The average molecular weight is 262 g/mol. The molecule has 1 aromatic rings. The number of carbonyl (C=O) groups excluding carboxylic acids is 1. The zero-order valence-corrected chi connectivity index (χ0v) is 12.4. The van der Waals surface area contributed by atoms with Crippen LogP contribution in [-0.2, 0) is 4.79 Å². The molecule has 0 bridgehead atoms. The molecule has 0 radical (unpaired) electrons. The first-order valence-electron chi connectivity index (χ1n) is 7.22. The average Bonchev–Trinajstić information content (AvgIpc) is 2.38. The number of amides is 1. The molecule has 0 fully saturated rings. The number of nitrogens with one attached hydrogen (secondary N) is 2. The van der Waals surface area contributed by atoms with E-state index in [0.717, 1.165) is 18.7 Å². The Kier molecular flexibility index (Phi) is 7.01. The summed E-state index contributed by atoms with van der Waals surface area (Å²) in [6, 6.07) is 6.22. The van der Waals surface area contributed by atoms with Crippen molar-refractivity contribution in [3.8, 4) is 0 Å². The molecule has 0 heterocycles. The van der Waals surface area contributed by atoms with E-state index in [0.29, 0.717) is 13.0 Å². The molecule has 0 aromatic heterocycles. The second-order valence-corrected chi connectivity index (χ2v) is 5.00. The number of hydrogen-bond donors (Lipinski definition) is 2. The Hall–Kier alpha value is -1.51. The van der Waals surface area contributed by atoms with Gasteiger partial charge in [-0.1, -0.05) is 38.0 Å². The fourth-order valence-corrected chi connectivity index (χ4v) is 2.09. The van der Waals surface area contributed by atoms with E-state index in [2.05, 4.69) is 49.6 Å². The van der Waals surface area contributed by atoms with Gasteiger partial charge in [0, 0.05) is 25.2 Å². The maximum atomic E-state index is 11.6. The maximum absolute atomic E-state index is 11.6. The number of unbranched alkanes of at least 4 members (excludes halogenated alkanes) is 2. The molecule has 19 heavy (non-hydrogen) atoms. The molecule has 2 N–H and O–H groups in total. The molecule has 1 aromatic carbocycles. The molecule has 1 amide bonds. The predicted octanol–water partition coefficient (Wildman–Crippen LogP) is 3.41. The van der Waals surface area contributed by atoms with E-state index >= 15 is 0 Å². The minimum absolute atomic E-state index is 0.134. The van der Waals surface area contributed by atoms with Crippen molar-refractivity contribution in [3.63, 3.8) is 0 Å². The first-order chi connectivity index (χ1) is 9.15. The highest BCUT2D eigenvalue weighted by Gasteiger charge is 2.03. The zero-order chi connectivity index (χ0) is 14.1. The van der Waals surface area contributed by atoms with Gasteiger partial charge >= 0.3 is 0 Å². The molecule has 1 rings (SSSR count). The molecule has 0 aliphatic rings. The van der Waals surface area contributed by atoms with Crippen molar-refractivity contribution < 1.29 is 4.79 Å². The SMILES string of the molecule is CCCCCNC(=O)CCNc1c(C)cccc1C. The lowest BCUT2D eigenvalue weighted by Crippen LogP contribution is -2.26. The van der Waals surface area contributed by atoms with Gasteiger partial charge in [-0.15, -0.1) is 0 Å². The summed E-state index contributed by atoms with van der Waals surface area (Å²) in [6.45, 7) is 7.82. The largest absolute Gasteiger partial charge is 0.384 e. The monoisotopic (exact) mass is 262 g/mol. The van der Waals surface area contributed by atoms with E-state index in [1.165, 1.54) is 24.0 Å². The summed E-state index contributed by atoms with van der Waals surface area (Å²) in [5, 5.41) is 6.31. The van der Waals surface area contributed by atoms with Gasteiger partial charge in [-0.3, -0.25) is 4.79 Å². The van der Waals surface area contributed by atoms with Gasteiger partial charge in [0.15, 0.2) is 0 Å². The Labute approximate surface area is 116 Å². The topological polar surface area (TPSA) is 41.1 Å². The summed E-state index contributed by atoms with van der Waals surface area (Å²) in [6.07, 6.45) is 3.97. The highest BCUT2D eigenvalue weighted by molar-refractivity contribution is 5.76. The van der Waals surface area contributed by atoms with Crippen LogP contribution < -0.4 is 10.6 Å². The van der Waals surface area contributed by atoms with Crippen LogP contribution in [0.3, 0.4) is 0 Å². The van der Waals surface area contributed by atoms with E-state index in [4.69, 9.17) is 0 Å². The number of benzene rings is 1. The molecule has 0 aliphatic heterocycles. The quantitative estimate of drug-likeness (QED) is 0.705. The van der Waals surface area contributed by atoms with Gasteiger partial charge < -0.3 is 10.6 Å². The Morgan fingerprint density at radius 2 is 1.79 bits per heavy atom. The van der Waals surface area contributed by atoms with Crippen LogP contribution in [0.5, 0.6) is 0 Å². The molecule has 0 spiro atoms. The van der Waals surface area contributed by atoms with Gasteiger partial charge in [0.1, 0.15) is 0 Å². The molecule has 0 saturated heterocycles. The molecule has 3 nitrogen and oxygen atoms in total. The number of para-hydroxylation sites is 1. The van der Waals surface area contributed by atoms with Crippen molar-refractivity contribution in [2.45, 2.75) is 46.5 Å². The van der Waals surface area contributed by atoms with Crippen LogP contribution in [0.4, 0.5) is 5.69 Å². The van der Waals surface area contributed by atoms with Crippen molar-refractivity contribution in [1.29, 1.82) is 0 Å². The first-order valence-corrected chi connectivity index (χ1v) is 7.22. The van der Waals surface area contributed by atoms with Crippen LogP contribution in [0, 0.1) is 13.8 Å². The van der Waals surface area contributed by atoms with E-state index < -0.39 is 0 Å². The molecule has 0 atom stereocenters. The minimum atomic E-state index is 0.134. The van der Waals surface area contributed by atoms with Crippen LogP contribution >= 0.6 is 0 Å². The number of anilines is 1. The van der Waals surface area contributed by atoms with Crippen molar-refractivity contribution in [3.05, 3.63) is 29.3 Å². The third-order valence-electron chi connectivity index (χ3n) is 3.24. The fourth-order valence-electron chi connectivity index (χ4n) is 2.09. The summed E-state index contributed by atoms with van der Waals surface area (Å²) in [7, 11) is 0. The Bertz CT molecular complexity index is 381. The van der Waals surface area contributed by atoms with Crippen LogP contribution in [0.2, 0.25) is 0 Å². The lowest BCUT2D eigenvalue weighted by molar-refractivity contribution is -0.120. The second kappa shape index (κ2) is 8.57. The van der Waals surface area contributed by atoms with Crippen molar-refractivity contribution >= 4 is 11.6 Å². The van der Waals surface area contributed by atoms with E-state index in [-0.39, 0.29) is 5.91 Å². The summed E-state index contributed by atoms with van der Waals surface area (Å²) in [5.41, 5.74) is 3.60. The predicted molar refractivity (Wildman–Crippen MR) is 81.6 cm³/mol. The normalized spacial score (nSPS) is 10.3. The van der Waals surface area contributed by atoms with Crippen LogP contribution in [0.1, 0.15) is 43.7 Å². The molecular weight excluding hydrogens is 236 g/mol. The van der Waals surface area contributed by atoms with Crippen molar-refractivity contribution in [2.75, 3.05) is 18.4 Å².